The summed E-state index contributed by atoms with van der Waals surface area (Å²) in [6.07, 6.45) is 0. The molecule has 0 bridgehead atoms. The van der Waals surface area contributed by atoms with Crippen molar-refractivity contribution in [3.8, 4) is 23.7 Å². The molecule has 0 aromatic carbocycles. The molecule has 0 radical (unpaired) electrons. The quantitative estimate of drug-likeness (QED) is 0.424. The van der Waals surface area contributed by atoms with Gasteiger partial charge in [-0.25, -0.2) is 0 Å². The van der Waals surface area contributed by atoms with E-state index < -0.39 is 17.9 Å². The Morgan fingerprint density at radius 1 is 0.900 bits per heavy atom. The lowest BCUT2D eigenvalue weighted by molar-refractivity contribution is -0.163. The summed E-state index contributed by atoms with van der Waals surface area (Å²) in [6, 6.07) is 0. The molecule has 0 amide bonds. The predicted molar refractivity (Wildman–Crippen MR) is 76.3 cm³/mol. The highest BCUT2D eigenvalue weighted by Crippen LogP contribution is 2.23. The zero-order valence-corrected chi connectivity index (χ0v) is 12.8. The Labute approximate surface area is 121 Å². The molecule has 0 N–H and O–H groups in total. The molecule has 4 nitrogen and oxygen atoms in total. The molecule has 0 heterocycles. The molecule has 0 fully saturated rings. The van der Waals surface area contributed by atoms with Crippen molar-refractivity contribution in [1.82, 2.24) is 0 Å². The lowest BCUT2D eigenvalue weighted by Gasteiger charge is -2.23. The fraction of sp³-hybridized carbons (Fsp3) is 0.625. The number of rotatable bonds is 6. The van der Waals surface area contributed by atoms with E-state index in [0.717, 1.165) is 0 Å². The standard InChI is InChI=1S/C16H22O4/c1-6-8-10-19-15(17)14(13(5)12(3)4)16(18)20-11-9-7-2/h12-14H,10-11H2,1-5H3. The van der Waals surface area contributed by atoms with E-state index in [9.17, 15) is 9.59 Å². The second kappa shape index (κ2) is 9.92. The van der Waals surface area contributed by atoms with Gasteiger partial charge in [-0.15, -0.1) is 11.8 Å². The summed E-state index contributed by atoms with van der Waals surface area (Å²) in [7, 11) is 0. The summed E-state index contributed by atoms with van der Waals surface area (Å²) < 4.78 is 9.99. The first-order valence-electron chi connectivity index (χ1n) is 6.58. The molecular formula is C16H22O4. The van der Waals surface area contributed by atoms with Crippen molar-refractivity contribution in [1.29, 1.82) is 0 Å². The smallest absolute Gasteiger partial charge is 0.321 e. The van der Waals surface area contributed by atoms with Crippen LogP contribution in [0.25, 0.3) is 0 Å². The zero-order chi connectivity index (χ0) is 15.5. The summed E-state index contributed by atoms with van der Waals surface area (Å²) in [5.41, 5.74) is 0. The summed E-state index contributed by atoms with van der Waals surface area (Å²) in [5, 5.41) is 0. The van der Waals surface area contributed by atoms with E-state index in [-0.39, 0.29) is 25.0 Å². The number of carbonyl (C=O) groups excluding carboxylic acids is 2. The number of hydrogen-bond acceptors (Lipinski definition) is 4. The van der Waals surface area contributed by atoms with Gasteiger partial charge in [0.15, 0.2) is 19.1 Å². The first-order chi connectivity index (χ1) is 9.45. The van der Waals surface area contributed by atoms with Gasteiger partial charge in [0.25, 0.3) is 0 Å². The molecule has 4 heteroatoms. The fourth-order valence-electron chi connectivity index (χ4n) is 1.45. The van der Waals surface area contributed by atoms with Crippen LogP contribution < -0.4 is 0 Å². The molecule has 0 aromatic heterocycles. The Balaban J connectivity index is 4.84. The van der Waals surface area contributed by atoms with Gasteiger partial charge in [-0.3, -0.25) is 9.59 Å². The molecule has 0 aromatic rings. The van der Waals surface area contributed by atoms with Crippen LogP contribution in [0.15, 0.2) is 0 Å². The molecule has 0 saturated carbocycles. The normalized spacial score (nSPS) is 10.9. The predicted octanol–water partition coefficient (Wildman–Crippen LogP) is 2.03. The van der Waals surface area contributed by atoms with Gasteiger partial charge in [0, 0.05) is 0 Å². The molecule has 110 valence electrons. The van der Waals surface area contributed by atoms with Crippen LogP contribution in [0.1, 0.15) is 34.6 Å². The van der Waals surface area contributed by atoms with Gasteiger partial charge >= 0.3 is 11.9 Å². The molecular weight excluding hydrogens is 256 g/mol. The Hall–Kier alpha value is -1.94. The lowest BCUT2D eigenvalue weighted by Crippen LogP contribution is -2.35. The topological polar surface area (TPSA) is 52.6 Å². The van der Waals surface area contributed by atoms with Crippen molar-refractivity contribution >= 4 is 11.9 Å². The Morgan fingerprint density at radius 2 is 1.30 bits per heavy atom. The highest BCUT2D eigenvalue weighted by atomic mass is 16.6. The van der Waals surface area contributed by atoms with Gasteiger partial charge < -0.3 is 9.47 Å². The van der Waals surface area contributed by atoms with Crippen LogP contribution in [0.3, 0.4) is 0 Å². The van der Waals surface area contributed by atoms with Gasteiger partial charge in [-0.1, -0.05) is 32.6 Å². The summed E-state index contributed by atoms with van der Waals surface area (Å²) in [4.78, 5) is 24.0. The third-order valence-corrected chi connectivity index (χ3v) is 3.01. The van der Waals surface area contributed by atoms with Gasteiger partial charge in [0.05, 0.1) is 0 Å². The van der Waals surface area contributed by atoms with Gasteiger partial charge in [-0.2, -0.15) is 0 Å². The molecule has 0 saturated heterocycles. The SMILES string of the molecule is CC#CCOC(=O)C(C(=O)OCC#CC)C(C)C(C)C. The Morgan fingerprint density at radius 3 is 1.60 bits per heavy atom. The van der Waals surface area contributed by atoms with Crippen LogP contribution in [-0.4, -0.2) is 25.2 Å². The second-order valence-electron chi connectivity index (χ2n) is 4.65. The highest BCUT2D eigenvalue weighted by Gasteiger charge is 2.36. The van der Waals surface area contributed by atoms with E-state index in [1.165, 1.54) is 0 Å². The van der Waals surface area contributed by atoms with E-state index in [4.69, 9.17) is 9.47 Å². The molecule has 0 spiro atoms. The number of carbonyl (C=O) groups is 2. The molecule has 0 aliphatic carbocycles. The van der Waals surface area contributed by atoms with Crippen LogP contribution in [0.5, 0.6) is 0 Å². The Kier molecular flexibility index (Phi) is 8.96. The highest BCUT2D eigenvalue weighted by molar-refractivity contribution is 5.95. The first-order valence-corrected chi connectivity index (χ1v) is 6.58. The molecule has 1 atom stereocenters. The third kappa shape index (κ3) is 6.29. The summed E-state index contributed by atoms with van der Waals surface area (Å²) >= 11 is 0. The van der Waals surface area contributed by atoms with E-state index >= 15 is 0 Å². The summed E-state index contributed by atoms with van der Waals surface area (Å²) in [5.74, 6) is 8.34. The first kappa shape index (κ1) is 18.1. The number of esters is 2. The second-order valence-corrected chi connectivity index (χ2v) is 4.65. The third-order valence-electron chi connectivity index (χ3n) is 3.01. The Bertz CT molecular complexity index is 407. The molecule has 0 rings (SSSR count). The zero-order valence-electron chi connectivity index (χ0n) is 12.8. The average molecular weight is 278 g/mol. The van der Waals surface area contributed by atoms with Crippen molar-refractivity contribution in [3.05, 3.63) is 0 Å². The van der Waals surface area contributed by atoms with E-state index in [1.807, 2.05) is 20.8 Å². The van der Waals surface area contributed by atoms with Crippen molar-refractivity contribution < 1.29 is 19.1 Å². The maximum Gasteiger partial charge on any atom is 0.321 e. The number of hydrogen-bond donors (Lipinski definition) is 0. The number of ether oxygens (including phenoxy) is 2. The molecule has 0 aliphatic rings. The molecule has 0 aliphatic heterocycles. The minimum atomic E-state index is -0.938. The minimum Gasteiger partial charge on any atom is -0.452 e. The van der Waals surface area contributed by atoms with Gasteiger partial charge in [0.1, 0.15) is 0 Å². The average Bonchev–Trinajstić information content (AvgIpc) is 2.39. The molecule has 20 heavy (non-hydrogen) atoms. The van der Waals surface area contributed by atoms with E-state index in [1.54, 1.807) is 13.8 Å². The van der Waals surface area contributed by atoms with Crippen molar-refractivity contribution in [2.75, 3.05) is 13.2 Å². The van der Waals surface area contributed by atoms with E-state index in [2.05, 4.69) is 23.7 Å². The van der Waals surface area contributed by atoms with Crippen molar-refractivity contribution in [2.45, 2.75) is 34.6 Å². The molecule has 1 unspecified atom stereocenters. The monoisotopic (exact) mass is 278 g/mol. The van der Waals surface area contributed by atoms with Crippen LogP contribution in [0.2, 0.25) is 0 Å². The minimum absolute atomic E-state index is 0.0152. The van der Waals surface area contributed by atoms with Crippen LogP contribution in [-0.2, 0) is 19.1 Å². The van der Waals surface area contributed by atoms with Crippen LogP contribution >= 0.6 is 0 Å². The largest absolute Gasteiger partial charge is 0.452 e. The lowest BCUT2D eigenvalue weighted by atomic mass is 9.85. The van der Waals surface area contributed by atoms with E-state index in [0.29, 0.717) is 0 Å². The van der Waals surface area contributed by atoms with Crippen LogP contribution in [0.4, 0.5) is 0 Å². The van der Waals surface area contributed by atoms with Crippen molar-refractivity contribution in [3.63, 3.8) is 0 Å². The van der Waals surface area contributed by atoms with Gasteiger partial charge in [-0.05, 0) is 25.7 Å². The van der Waals surface area contributed by atoms with Crippen molar-refractivity contribution in [2.24, 2.45) is 17.8 Å². The van der Waals surface area contributed by atoms with Crippen LogP contribution in [0, 0.1) is 41.4 Å². The maximum atomic E-state index is 12.0. The maximum absolute atomic E-state index is 12.0. The summed E-state index contributed by atoms with van der Waals surface area (Å²) in [6.45, 7) is 8.98. The van der Waals surface area contributed by atoms with Gasteiger partial charge in [0.2, 0.25) is 0 Å². The fourth-order valence-corrected chi connectivity index (χ4v) is 1.45.